The van der Waals surface area contributed by atoms with Crippen LogP contribution in [0.1, 0.15) is 47.5 Å². The van der Waals surface area contributed by atoms with Crippen LogP contribution < -0.4 is 10.6 Å². The van der Waals surface area contributed by atoms with Gasteiger partial charge in [0.2, 0.25) is 11.8 Å². The minimum Gasteiger partial charge on any atom is -0.467 e. The molecule has 3 atom stereocenters. The highest BCUT2D eigenvalue weighted by Gasteiger charge is 2.37. The van der Waals surface area contributed by atoms with Crippen molar-refractivity contribution in [3.05, 3.63) is 0 Å². The number of alkyl carbamates (subject to hydrolysis) is 1. The zero-order chi connectivity index (χ0) is 20.1. The number of rotatable bonds is 5. The SMILES string of the molecule is COC(=O)C1CCCN1C(=O)C(C)NC(=O)C(C)NC(=O)OC(C)(C)C. The maximum atomic E-state index is 12.5. The van der Waals surface area contributed by atoms with Gasteiger partial charge in [0, 0.05) is 6.54 Å². The van der Waals surface area contributed by atoms with Crippen molar-refractivity contribution in [2.45, 2.75) is 71.2 Å². The third-order valence-corrected chi connectivity index (χ3v) is 3.86. The van der Waals surface area contributed by atoms with Gasteiger partial charge in [-0.1, -0.05) is 0 Å². The Kier molecular flexibility index (Phi) is 7.41. The normalized spacial score (nSPS) is 19.3. The molecule has 1 saturated heterocycles. The van der Waals surface area contributed by atoms with Gasteiger partial charge in [-0.05, 0) is 47.5 Å². The molecule has 0 aromatic rings. The summed E-state index contributed by atoms with van der Waals surface area (Å²) in [7, 11) is 1.28. The topological polar surface area (TPSA) is 114 Å². The zero-order valence-electron chi connectivity index (χ0n) is 16.3. The summed E-state index contributed by atoms with van der Waals surface area (Å²) in [6.07, 6.45) is 0.516. The smallest absolute Gasteiger partial charge is 0.408 e. The quantitative estimate of drug-likeness (QED) is 0.683. The van der Waals surface area contributed by atoms with E-state index in [0.717, 1.165) is 0 Å². The van der Waals surface area contributed by atoms with E-state index in [1.54, 1.807) is 20.8 Å². The number of esters is 1. The van der Waals surface area contributed by atoms with Gasteiger partial charge in [-0.25, -0.2) is 9.59 Å². The Labute approximate surface area is 153 Å². The molecule has 0 saturated carbocycles. The molecule has 3 amide bonds. The lowest BCUT2D eigenvalue weighted by Gasteiger charge is -2.27. The van der Waals surface area contributed by atoms with Crippen LogP contribution in [-0.2, 0) is 23.9 Å². The van der Waals surface area contributed by atoms with E-state index in [9.17, 15) is 19.2 Å². The summed E-state index contributed by atoms with van der Waals surface area (Å²) in [5.41, 5.74) is -0.678. The lowest BCUT2D eigenvalue weighted by atomic mass is 10.2. The fraction of sp³-hybridized carbons (Fsp3) is 0.765. The zero-order valence-corrected chi connectivity index (χ0v) is 16.3. The van der Waals surface area contributed by atoms with Crippen LogP contribution in [0.5, 0.6) is 0 Å². The van der Waals surface area contributed by atoms with Crippen LogP contribution >= 0.6 is 0 Å². The van der Waals surface area contributed by atoms with E-state index in [2.05, 4.69) is 10.6 Å². The molecule has 0 bridgehead atoms. The minimum atomic E-state index is -0.880. The molecule has 0 spiro atoms. The van der Waals surface area contributed by atoms with Crippen molar-refractivity contribution in [1.82, 2.24) is 15.5 Å². The molecule has 1 fully saturated rings. The summed E-state index contributed by atoms with van der Waals surface area (Å²) in [5.74, 6) is -1.35. The number of hydrogen-bond donors (Lipinski definition) is 2. The Bertz CT molecular complexity index is 557. The largest absolute Gasteiger partial charge is 0.467 e. The van der Waals surface area contributed by atoms with Crippen LogP contribution in [0, 0.1) is 0 Å². The van der Waals surface area contributed by atoms with Crippen molar-refractivity contribution >= 4 is 23.9 Å². The third kappa shape index (κ3) is 6.20. The first-order valence-corrected chi connectivity index (χ1v) is 8.64. The molecule has 0 aromatic heterocycles. The summed E-state index contributed by atoms with van der Waals surface area (Å²) < 4.78 is 9.80. The van der Waals surface area contributed by atoms with Gasteiger partial charge < -0.3 is 25.0 Å². The van der Waals surface area contributed by atoms with E-state index >= 15 is 0 Å². The number of nitrogens with zero attached hydrogens (tertiary/aromatic N) is 1. The highest BCUT2D eigenvalue weighted by Crippen LogP contribution is 2.19. The van der Waals surface area contributed by atoms with Crippen molar-refractivity contribution in [3.8, 4) is 0 Å². The molecular weight excluding hydrogens is 342 g/mol. The molecule has 3 unspecified atom stereocenters. The average molecular weight is 371 g/mol. The van der Waals surface area contributed by atoms with Crippen LogP contribution in [0.3, 0.4) is 0 Å². The molecule has 0 aliphatic carbocycles. The first-order chi connectivity index (χ1) is 12.0. The van der Waals surface area contributed by atoms with Gasteiger partial charge in [0.15, 0.2) is 0 Å². The van der Waals surface area contributed by atoms with E-state index in [4.69, 9.17) is 9.47 Å². The number of hydrogen-bond acceptors (Lipinski definition) is 6. The van der Waals surface area contributed by atoms with Gasteiger partial charge in [-0.3, -0.25) is 9.59 Å². The second-order valence-corrected chi connectivity index (χ2v) is 7.31. The second-order valence-electron chi connectivity index (χ2n) is 7.31. The predicted octanol–water partition coefficient (Wildman–Crippen LogP) is 0.568. The molecule has 0 radical (unpaired) electrons. The predicted molar refractivity (Wildman–Crippen MR) is 93.2 cm³/mol. The highest BCUT2D eigenvalue weighted by molar-refractivity contribution is 5.92. The Morgan fingerprint density at radius 2 is 1.69 bits per heavy atom. The molecule has 148 valence electrons. The first kappa shape index (κ1) is 21.7. The van der Waals surface area contributed by atoms with E-state index in [0.29, 0.717) is 19.4 Å². The van der Waals surface area contributed by atoms with Crippen LogP contribution in [-0.4, -0.2) is 66.2 Å². The summed E-state index contributed by atoms with van der Waals surface area (Å²) in [6, 6.07) is -2.34. The van der Waals surface area contributed by atoms with Gasteiger partial charge >= 0.3 is 12.1 Å². The van der Waals surface area contributed by atoms with E-state index in [-0.39, 0.29) is 5.91 Å². The maximum Gasteiger partial charge on any atom is 0.408 e. The summed E-state index contributed by atoms with van der Waals surface area (Å²) in [4.78, 5) is 49.6. The molecule has 9 heteroatoms. The lowest BCUT2D eigenvalue weighted by Crippen LogP contribution is -2.54. The molecule has 26 heavy (non-hydrogen) atoms. The highest BCUT2D eigenvalue weighted by atomic mass is 16.6. The van der Waals surface area contributed by atoms with Crippen molar-refractivity contribution in [3.63, 3.8) is 0 Å². The summed E-state index contributed by atoms with van der Waals surface area (Å²) in [5, 5.41) is 4.96. The Morgan fingerprint density at radius 3 is 2.23 bits per heavy atom. The van der Waals surface area contributed by atoms with Crippen LogP contribution in [0.2, 0.25) is 0 Å². The second kappa shape index (κ2) is 8.86. The molecule has 1 rings (SSSR count). The van der Waals surface area contributed by atoms with Gasteiger partial charge in [-0.2, -0.15) is 0 Å². The molecule has 1 aliphatic heterocycles. The number of methoxy groups -OCH3 is 1. The van der Waals surface area contributed by atoms with Gasteiger partial charge in [0.25, 0.3) is 0 Å². The van der Waals surface area contributed by atoms with Crippen LogP contribution in [0.25, 0.3) is 0 Å². The van der Waals surface area contributed by atoms with E-state index in [1.165, 1.54) is 25.9 Å². The Morgan fingerprint density at radius 1 is 1.08 bits per heavy atom. The molecule has 0 aromatic carbocycles. The van der Waals surface area contributed by atoms with Gasteiger partial charge in [-0.15, -0.1) is 0 Å². The monoisotopic (exact) mass is 371 g/mol. The fourth-order valence-electron chi connectivity index (χ4n) is 2.61. The average Bonchev–Trinajstić information content (AvgIpc) is 3.00. The summed E-state index contributed by atoms with van der Waals surface area (Å²) in [6.45, 7) is 8.60. The van der Waals surface area contributed by atoms with E-state index < -0.39 is 41.7 Å². The number of nitrogens with one attached hydrogen (secondary N) is 2. The lowest BCUT2D eigenvalue weighted by molar-refractivity contribution is -0.151. The number of amides is 3. The minimum absolute atomic E-state index is 0.365. The Balaban J connectivity index is 2.58. The van der Waals surface area contributed by atoms with E-state index in [1.807, 2.05) is 0 Å². The van der Waals surface area contributed by atoms with Crippen LogP contribution in [0.4, 0.5) is 4.79 Å². The van der Waals surface area contributed by atoms with Crippen LogP contribution in [0.15, 0.2) is 0 Å². The van der Waals surface area contributed by atoms with Crippen molar-refractivity contribution in [1.29, 1.82) is 0 Å². The summed E-state index contributed by atoms with van der Waals surface area (Å²) >= 11 is 0. The maximum absolute atomic E-state index is 12.5. The fourth-order valence-corrected chi connectivity index (χ4v) is 2.61. The molecule has 9 nitrogen and oxygen atoms in total. The molecule has 1 aliphatic rings. The molecular formula is C17H29N3O6. The van der Waals surface area contributed by atoms with Gasteiger partial charge in [0.05, 0.1) is 7.11 Å². The number of likely N-dealkylation sites (tertiary alicyclic amines) is 1. The molecule has 1 heterocycles. The van der Waals surface area contributed by atoms with Crippen molar-refractivity contribution in [2.24, 2.45) is 0 Å². The Hall–Kier alpha value is -2.32. The number of carbonyl (C=O) groups excluding carboxylic acids is 4. The standard InChI is InChI=1S/C17H29N3O6/c1-10(19-16(24)26-17(3,4)5)13(21)18-11(2)14(22)20-9-7-8-12(20)15(23)25-6/h10-12H,7-9H2,1-6H3,(H,18,21)(H,19,24). The van der Waals surface area contributed by atoms with Crippen molar-refractivity contribution < 1.29 is 28.7 Å². The first-order valence-electron chi connectivity index (χ1n) is 8.64. The van der Waals surface area contributed by atoms with Gasteiger partial charge in [0.1, 0.15) is 23.7 Å². The number of carbonyl (C=O) groups is 4. The van der Waals surface area contributed by atoms with Crippen molar-refractivity contribution in [2.75, 3.05) is 13.7 Å². The third-order valence-electron chi connectivity index (χ3n) is 3.86. The number of ether oxygens (including phenoxy) is 2. The molecule has 2 N–H and O–H groups in total.